The topological polar surface area (TPSA) is 23.5 Å². The van der Waals surface area contributed by atoms with E-state index in [4.69, 9.17) is 23.2 Å². The predicted molar refractivity (Wildman–Crippen MR) is 71.7 cm³/mol. The molecule has 0 spiro atoms. The highest BCUT2D eigenvalue weighted by atomic mass is 35.5. The highest BCUT2D eigenvalue weighted by molar-refractivity contribution is 6.35. The molecule has 1 aliphatic heterocycles. The van der Waals surface area contributed by atoms with Crippen LogP contribution in [-0.2, 0) is 6.54 Å². The molecule has 1 aromatic rings. The van der Waals surface area contributed by atoms with Crippen molar-refractivity contribution in [2.24, 2.45) is 11.8 Å². The first kappa shape index (κ1) is 13.0. The number of aromatic hydroxyl groups is 1. The first-order valence-corrected chi connectivity index (χ1v) is 6.62. The first-order chi connectivity index (χ1) is 7.97. The van der Waals surface area contributed by atoms with E-state index < -0.39 is 0 Å². The number of rotatable bonds is 2. The highest BCUT2D eigenvalue weighted by Gasteiger charge is 2.26. The molecule has 0 aromatic heterocycles. The van der Waals surface area contributed by atoms with Gasteiger partial charge in [0.2, 0.25) is 0 Å². The molecule has 0 aliphatic carbocycles. The van der Waals surface area contributed by atoms with Crippen LogP contribution in [0.3, 0.4) is 0 Å². The zero-order valence-electron chi connectivity index (χ0n) is 10.1. The number of halogens is 2. The van der Waals surface area contributed by atoms with Crippen molar-refractivity contribution >= 4 is 23.2 Å². The molecule has 1 aromatic carbocycles. The lowest BCUT2D eigenvalue weighted by Crippen LogP contribution is -2.20. The van der Waals surface area contributed by atoms with Gasteiger partial charge < -0.3 is 5.11 Å². The number of likely N-dealkylation sites (tertiary alicyclic amines) is 1. The van der Waals surface area contributed by atoms with Gasteiger partial charge in [0.1, 0.15) is 5.75 Å². The van der Waals surface area contributed by atoms with E-state index in [2.05, 4.69) is 18.7 Å². The Morgan fingerprint density at radius 2 is 1.82 bits per heavy atom. The quantitative estimate of drug-likeness (QED) is 0.887. The lowest BCUT2D eigenvalue weighted by Gasteiger charge is -2.17. The molecule has 1 fully saturated rings. The molecule has 1 N–H and O–H groups in total. The normalized spacial score (nSPS) is 25.4. The molecular formula is C13H17Cl2NO. The minimum Gasteiger partial charge on any atom is -0.506 e. The summed E-state index contributed by atoms with van der Waals surface area (Å²) < 4.78 is 0. The molecule has 2 unspecified atom stereocenters. The van der Waals surface area contributed by atoms with Crippen molar-refractivity contribution in [2.45, 2.75) is 20.4 Å². The van der Waals surface area contributed by atoms with E-state index in [9.17, 15) is 5.11 Å². The van der Waals surface area contributed by atoms with E-state index in [-0.39, 0.29) is 5.75 Å². The van der Waals surface area contributed by atoms with Gasteiger partial charge in [-0.2, -0.15) is 0 Å². The zero-order chi connectivity index (χ0) is 12.6. The molecule has 0 amide bonds. The van der Waals surface area contributed by atoms with E-state index in [1.54, 1.807) is 12.1 Å². The van der Waals surface area contributed by atoms with Gasteiger partial charge in [0, 0.05) is 30.2 Å². The number of phenolic OH excluding ortho intramolecular Hbond substituents is 1. The Morgan fingerprint density at radius 1 is 1.24 bits per heavy atom. The van der Waals surface area contributed by atoms with Crippen LogP contribution in [0.1, 0.15) is 19.4 Å². The fourth-order valence-corrected chi connectivity index (χ4v) is 2.89. The summed E-state index contributed by atoms with van der Waals surface area (Å²) in [5.41, 5.74) is 0.809. The predicted octanol–water partition coefficient (Wildman–Crippen LogP) is 3.79. The second-order valence-corrected chi connectivity index (χ2v) is 5.89. The maximum absolute atomic E-state index is 9.90. The van der Waals surface area contributed by atoms with Crippen molar-refractivity contribution < 1.29 is 5.11 Å². The van der Waals surface area contributed by atoms with Crippen molar-refractivity contribution in [2.75, 3.05) is 13.1 Å². The van der Waals surface area contributed by atoms with Crippen LogP contribution in [0.25, 0.3) is 0 Å². The van der Waals surface area contributed by atoms with Crippen molar-refractivity contribution in [1.29, 1.82) is 0 Å². The molecule has 0 radical (unpaired) electrons. The van der Waals surface area contributed by atoms with Gasteiger partial charge in [-0.1, -0.05) is 37.0 Å². The zero-order valence-corrected chi connectivity index (χ0v) is 11.6. The summed E-state index contributed by atoms with van der Waals surface area (Å²) in [5, 5.41) is 10.8. The number of hydrogen-bond donors (Lipinski definition) is 1. The van der Waals surface area contributed by atoms with E-state index in [1.165, 1.54) is 0 Å². The molecule has 2 nitrogen and oxygen atoms in total. The fraction of sp³-hybridized carbons (Fsp3) is 0.538. The smallest absolute Gasteiger partial charge is 0.138 e. The maximum Gasteiger partial charge on any atom is 0.138 e. The third-order valence-corrected chi connectivity index (χ3v) is 4.07. The summed E-state index contributed by atoms with van der Waals surface area (Å²) in [5.74, 6) is 1.56. The van der Waals surface area contributed by atoms with Crippen molar-refractivity contribution in [1.82, 2.24) is 4.90 Å². The Bertz CT molecular complexity index is 412. The molecule has 4 heteroatoms. The van der Waals surface area contributed by atoms with Gasteiger partial charge in [0.25, 0.3) is 0 Å². The Morgan fingerprint density at radius 3 is 2.41 bits per heavy atom. The van der Waals surface area contributed by atoms with E-state index in [1.807, 2.05) is 0 Å². The third kappa shape index (κ3) is 2.87. The van der Waals surface area contributed by atoms with Crippen LogP contribution in [0.4, 0.5) is 0 Å². The van der Waals surface area contributed by atoms with Gasteiger partial charge in [-0.05, 0) is 24.0 Å². The fourth-order valence-electron chi connectivity index (χ4n) is 2.36. The molecule has 94 valence electrons. The van der Waals surface area contributed by atoms with Gasteiger partial charge in [0.15, 0.2) is 0 Å². The van der Waals surface area contributed by atoms with Gasteiger partial charge in [-0.3, -0.25) is 4.90 Å². The lowest BCUT2D eigenvalue weighted by atomic mass is 10.0. The number of hydrogen-bond acceptors (Lipinski definition) is 2. The molecular weight excluding hydrogens is 257 g/mol. The average Bonchev–Trinajstić information content (AvgIpc) is 2.54. The monoisotopic (exact) mass is 273 g/mol. The van der Waals surface area contributed by atoms with Gasteiger partial charge in [-0.25, -0.2) is 0 Å². The average molecular weight is 274 g/mol. The van der Waals surface area contributed by atoms with Crippen LogP contribution in [0.5, 0.6) is 5.75 Å². The summed E-state index contributed by atoms with van der Waals surface area (Å²) in [6, 6.07) is 3.35. The number of phenols is 1. The molecule has 17 heavy (non-hydrogen) atoms. The minimum absolute atomic E-state index is 0.156. The summed E-state index contributed by atoms with van der Waals surface area (Å²) in [6.45, 7) is 7.35. The second kappa shape index (κ2) is 5.05. The van der Waals surface area contributed by atoms with Crippen LogP contribution in [0, 0.1) is 11.8 Å². The largest absolute Gasteiger partial charge is 0.506 e. The van der Waals surface area contributed by atoms with Crippen molar-refractivity contribution in [3.05, 3.63) is 27.7 Å². The van der Waals surface area contributed by atoms with E-state index in [0.717, 1.165) is 18.7 Å². The molecule has 0 bridgehead atoms. The van der Waals surface area contributed by atoms with Crippen LogP contribution in [0.2, 0.25) is 10.0 Å². The summed E-state index contributed by atoms with van der Waals surface area (Å²) in [4.78, 5) is 2.33. The second-order valence-electron chi connectivity index (χ2n) is 5.04. The molecule has 1 heterocycles. The van der Waals surface area contributed by atoms with Crippen molar-refractivity contribution in [3.63, 3.8) is 0 Å². The highest BCUT2D eigenvalue weighted by Crippen LogP contribution is 2.33. The maximum atomic E-state index is 9.90. The SMILES string of the molecule is CC1CN(Cc2cc(Cl)cc(Cl)c2O)CC1C. The standard InChI is InChI=1S/C13H17Cl2NO/c1-8-5-16(6-9(8)2)7-10-3-11(14)4-12(15)13(10)17/h3-4,8-9,17H,5-7H2,1-2H3. The lowest BCUT2D eigenvalue weighted by molar-refractivity contribution is 0.310. The molecule has 1 saturated heterocycles. The summed E-state index contributed by atoms with van der Waals surface area (Å²) in [7, 11) is 0. The van der Waals surface area contributed by atoms with Gasteiger partial charge >= 0.3 is 0 Å². The molecule has 0 saturated carbocycles. The Hall–Kier alpha value is -0.440. The number of nitrogens with zero attached hydrogens (tertiary/aromatic N) is 1. The van der Waals surface area contributed by atoms with Crippen LogP contribution in [-0.4, -0.2) is 23.1 Å². The van der Waals surface area contributed by atoms with Crippen molar-refractivity contribution in [3.8, 4) is 5.75 Å². The minimum atomic E-state index is 0.156. The Kier molecular flexibility index (Phi) is 3.86. The summed E-state index contributed by atoms with van der Waals surface area (Å²) >= 11 is 11.9. The van der Waals surface area contributed by atoms with Crippen LogP contribution in [0.15, 0.2) is 12.1 Å². The van der Waals surface area contributed by atoms with Gasteiger partial charge in [0.05, 0.1) is 5.02 Å². The van der Waals surface area contributed by atoms with Gasteiger partial charge in [-0.15, -0.1) is 0 Å². The van der Waals surface area contributed by atoms with Crippen LogP contribution < -0.4 is 0 Å². The van der Waals surface area contributed by atoms with E-state index in [0.29, 0.717) is 28.4 Å². The Balaban J connectivity index is 2.14. The van der Waals surface area contributed by atoms with Crippen LogP contribution >= 0.6 is 23.2 Å². The Labute approximate surface area is 112 Å². The third-order valence-electron chi connectivity index (χ3n) is 3.56. The van der Waals surface area contributed by atoms with E-state index >= 15 is 0 Å². The summed E-state index contributed by atoms with van der Waals surface area (Å²) in [6.07, 6.45) is 0. The number of benzene rings is 1. The first-order valence-electron chi connectivity index (χ1n) is 5.86. The molecule has 2 rings (SSSR count). The molecule has 2 atom stereocenters. The molecule has 1 aliphatic rings.